The number of rotatable bonds is 6. The standard InChI is InChI=1S/C16H16ClNO3S2/c1-10(14-4-3-7-23-14)18-15(19)9-21-16(20)12-8-11(22-2)5-6-13(12)17/h3-8,10H,9H2,1-2H3,(H,18,19)/t10-/m0/s1. The Morgan fingerprint density at radius 3 is 2.83 bits per heavy atom. The molecule has 7 heteroatoms. The summed E-state index contributed by atoms with van der Waals surface area (Å²) in [5.41, 5.74) is 0.262. The lowest BCUT2D eigenvalue weighted by Gasteiger charge is -2.12. The van der Waals surface area contributed by atoms with E-state index in [0.29, 0.717) is 5.02 Å². The minimum atomic E-state index is -0.607. The molecular formula is C16H16ClNO3S2. The fourth-order valence-corrected chi connectivity index (χ4v) is 3.26. The van der Waals surface area contributed by atoms with Gasteiger partial charge >= 0.3 is 5.97 Å². The van der Waals surface area contributed by atoms with E-state index in [-0.39, 0.29) is 24.1 Å². The number of hydrogen-bond donors (Lipinski definition) is 1. The Labute approximate surface area is 148 Å². The zero-order chi connectivity index (χ0) is 16.8. The number of ether oxygens (including phenoxy) is 1. The van der Waals surface area contributed by atoms with Crippen LogP contribution in [0.25, 0.3) is 0 Å². The van der Waals surface area contributed by atoms with Crippen molar-refractivity contribution in [3.63, 3.8) is 0 Å². The minimum absolute atomic E-state index is 0.121. The SMILES string of the molecule is CSc1ccc(Cl)c(C(=O)OCC(=O)N[C@@H](C)c2cccs2)c1. The van der Waals surface area contributed by atoms with Gasteiger partial charge in [-0.2, -0.15) is 0 Å². The van der Waals surface area contributed by atoms with E-state index in [1.54, 1.807) is 23.5 Å². The number of benzene rings is 1. The van der Waals surface area contributed by atoms with Gasteiger partial charge in [-0.1, -0.05) is 17.7 Å². The summed E-state index contributed by atoms with van der Waals surface area (Å²) in [5.74, 6) is -0.957. The largest absolute Gasteiger partial charge is 0.452 e. The Kier molecular flexibility index (Phi) is 6.50. The van der Waals surface area contributed by atoms with Gasteiger partial charge in [-0.25, -0.2) is 4.79 Å². The quantitative estimate of drug-likeness (QED) is 0.613. The summed E-state index contributed by atoms with van der Waals surface area (Å²) in [4.78, 5) is 25.9. The Morgan fingerprint density at radius 2 is 2.17 bits per heavy atom. The van der Waals surface area contributed by atoms with Crippen molar-refractivity contribution in [2.45, 2.75) is 17.9 Å². The Bertz CT molecular complexity index is 689. The summed E-state index contributed by atoms with van der Waals surface area (Å²) in [6.07, 6.45) is 1.90. The summed E-state index contributed by atoms with van der Waals surface area (Å²) < 4.78 is 5.05. The van der Waals surface area contributed by atoms with E-state index in [1.807, 2.05) is 36.8 Å². The third-order valence-corrected chi connectivity index (χ3v) is 5.19. The molecule has 1 N–H and O–H groups in total. The molecular weight excluding hydrogens is 354 g/mol. The van der Waals surface area contributed by atoms with Crippen LogP contribution in [0.5, 0.6) is 0 Å². The second-order valence-corrected chi connectivity index (χ2v) is 6.99. The number of amides is 1. The molecule has 0 aliphatic heterocycles. The third-order valence-electron chi connectivity index (χ3n) is 3.08. The van der Waals surface area contributed by atoms with E-state index in [1.165, 1.54) is 11.8 Å². The molecule has 2 rings (SSSR count). The van der Waals surface area contributed by atoms with Gasteiger partial charge in [-0.05, 0) is 42.8 Å². The normalized spacial score (nSPS) is 11.8. The average molecular weight is 370 g/mol. The lowest BCUT2D eigenvalue weighted by Crippen LogP contribution is -2.30. The van der Waals surface area contributed by atoms with Gasteiger partial charge in [0.2, 0.25) is 0 Å². The summed E-state index contributed by atoms with van der Waals surface area (Å²) in [5, 5.41) is 5.03. The maximum absolute atomic E-state index is 12.1. The number of carbonyl (C=O) groups is 2. The molecule has 0 aliphatic rings. The van der Waals surface area contributed by atoms with E-state index in [4.69, 9.17) is 16.3 Å². The van der Waals surface area contributed by atoms with Gasteiger partial charge < -0.3 is 10.1 Å². The molecule has 1 amide bonds. The molecule has 0 fully saturated rings. The average Bonchev–Trinajstić information content (AvgIpc) is 3.07. The van der Waals surface area contributed by atoms with E-state index < -0.39 is 5.97 Å². The van der Waals surface area contributed by atoms with Crippen molar-refractivity contribution in [1.82, 2.24) is 5.32 Å². The number of carbonyl (C=O) groups excluding carboxylic acids is 2. The van der Waals surface area contributed by atoms with Crippen molar-refractivity contribution >= 4 is 46.6 Å². The van der Waals surface area contributed by atoms with Gasteiger partial charge in [-0.15, -0.1) is 23.1 Å². The van der Waals surface area contributed by atoms with Crippen LogP contribution in [0.3, 0.4) is 0 Å². The van der Waals surface area contributed by atoms with Crippen LogP contribution < -0.4 is 5.32 Å². The number of halogens is 1. The van der Waals surface area contributed by atoms with Crippen LogP contribution in [0.2, 0.25) is 5.02 Å². The van der Waals surface area contributed by atoms with E-state index >= 15 is 0 Å². The van der Waals surface area contributed by atoms with Gasteiger partial charge in [0.15, 0.2) is 6.61 Å². The van der Waals surface area contributed by atoms with Crippen LogP contribution in [0.4, 0.5) is 0 Å². The van der Waals surface area contributed by atoms with Gasteiger partial charge in [-0.3, -0.25) is 4.79 Å². The number of thioether (sulfide) groups is 1. The second-order valence-electron chi connectivity index (χ2n) is 4.73. The van der Waals surface area contributed by atoms with Crippen LogP contribution in [-0.4, -0.2) is 24.7 Å². The molecule has 0 bridgehead atoms. The van der Waals surface area contributed by atoms with Gasteiger partial charge in [0, 0.05) is 9.77 Å². The fourth-order valence-electron chi connectivity index (χ4n) is 1.89. The first-order chi connectivity index (χ1) is 11.0. The Morgan fingerprint density at radius 1 is 1.39 bits per heavy atom. The molecule has 1 heterocycles. The topological polar surface area (TPSA) is 55.4 Å². The highest BCUT2D eigenvalue weighted by molar-refractivity contribution is 7.98. The lowest BCUT2D eigenvalue weighted by atomic mass is 10.2. The molecule has 1 aromatic heterocycles. The summed E-state index contributed by atoms with van der Waals surface area (Å²) >= 11 is 9.06. The summed E-state index contributed by atoms with van der Waals surface area (Å²) in [7, 11) is 0. The first-order valence-corrected chi connectivity index (χ1v) is 9.33. The zero-order valence-corrected chi connectivity index (χ0v) is 15.1. The van der Waals surface area contributed by atoms with E-state index in [0.717, 1.165) is 9.77 Å². The van der Waals surface area contributed by atoms with Crippen molar-refractivity contribution in [2.24, 2.45) is 0 Å². The van der Waals surface area contributed by atoms with Crippen LogP contribution in [0.1, 0.15) is 28.2 Å². The lowest BCUT2D eigenvalue weighted by molar-refractivity contribution is -0.124. The van der Waals surface area contributed by atoms with Crippen LogP contribution >= 0.6 is 34.7 Å². The van der Waals surface area contributed by atoms with Gasteiger partial charge in [0.05, 0.1) is 16.6 Å². The van der Waals surface area contributed by atoms with Gasteiger partial charge in [0.25, 0.3) is 5.91 Å². The predicted octanol–water partition coefficient (Wildman–Crippen LogP) is 4.16. The third kappa shape index (κ3) is 4.99. The number of hydrogen-bond acceptors (Lipinski definition) is 5. The summed E-state index contributed by atoms with van der Waals surface area (Å²) in [6, 6.07) is 8.85. The summed E-state index contributed by atoms with van der Waals surface area (Å²) in [6.45, 7) is 1.54. The van der Waals surface area contributed by atoms with Gasteiger partial charge in [0.1, 0.15) is 0 Å². The van der Waals surface area contributed by atoms with E-state index in [2.05, 4.69) is 5.32 Å². The molecule has 0 saturated heterocycles. The second kappa shape index (κ2) is 8.38. The van der Waals surface area contributed by atoms with Crippen molar-refractivity contribution in [3.8, 4) is 0 Å². The first-order valence-electron chi connectivity index (χ1n) is 6.84. The number of esters is 1. The maximum atomic E-state index is 12.1. The molecule has 0 saturated carbocycles. The molecule has 1 atom stereocenters. The molecule has 0 radical (unpaired) electrons. The maximum Gasteiger partial charge on any atom is 0.340 e. The first kappa shape index (κ1) is 17.8. The van der Waals surface area contributed by atoms with Crippen LogP contribution in [0, 0.1) is 0 Å². The Balaban J connectivity index is 1.90. The molecule has 1 aromatic carbocycles. The molecule has 0 aliphatic carbocycles. The van der Waals surface area contributed by atoms with Crippen molar-refractivity contribution in [2.75, 3.05) is 12.9 Å². The highest BCUT2D eigenvalue weighted by Gasteiger charge is 2.16. The van der Waals surface area contributed by atoms with Crippen molar-refractivity contribution in [1.29, 1.82) is 0 Å². The zero-order valence-electron chi connectivity index (χ0n) is 12.7. The smallest absolute Gasteiger partial charge is 0.340 e. The highest BCUT2D eigenvalue weighted by Crippen LogP contribution is 2.23. The van der Waals surface area contributed by atoms with Crippen LogP contribution in [-0.2, 0) is 9.53 Å². The van der Waals surface area contributed by atoms with Crippen molar-refractivity contribution < 1.29 is 14.3 Å². The number of nitrogens with one attached hydrogen (secondary N) is 1. The van der Waals surface area contributed by atoms with Crippen molar-refractivity contribution in [3.05, 3.63) is 51.2 Å². The fraction of sp³-hybridized carbons (Fsp3) is 0.250. The molecule has 4 nitrogen and oxygen atoms in total. The molecule has 122 valence electrons. The predicted molar refractivity (Wildman–Crippen MR) is 94.4 cm³/mol. The molecule has 2 aromatic rings. The highest BCUT2D eigenvalue weighted by atomic mass is 35.5. The number of thiophene rings is 1. The van der Waals surface area contributed by atoms with E-state index in [9.17, 15) is 9.59 Å². The Hall–Kier alpha value is -1.50. The monoisotopic (exact) mass is 369 g/mol. The molecule has 23 heavy (non-hydrogen) atoms. The minimum Gasteiger partial charge on any atom is -0.452 e. The molecule has 0 unspecified atom stereocenters. The van der Waals surface area contributed by atoms with Crippen LogP contribution in [0.15, 0.2) is 40.6 Å². The molecule has 0 spiro atoms.